The predicted molar refractivity (Wildman–Crippen MR) is 77.2 cm³/mol. The number of nitrogens with zero attached hydrogens (tertiary/aromatic N) is 2. The van der Waals surface area contributed by atoms with Gasteiger partial charge in [0.05, 0.1) is 10.2 Å². The summed E-state index contributed by atoms with van der Waals surface area (Å²) < 4.78 is 14.7. The van der Waals surface area contributed by atoms with Crippen LogP contribution >= 0.6 is 15.9 Å². The second-order valence-electron chi connectivity index (χ2n) is 5.09. The van der Waals surface area contributed by atoms with E-state index in [1.807, 2.05) is 0 Å². The molecule has 2 atom stereocenters. The van der Waals surface area contributed by atoms with Crippen LogP contribution < -0.4 is 10.6 Å². The highest BCUT2D eigenvalue weighted by Crippen LogP contribution is 2.34. The molecular formula is C13H17BrFN3O. The Bertz CT molecular complexity index is 521. The van der Waals surface area contributed by atoms with Gasteiger partial charge >= 0.3 is 0 Å². The lowest BCUT2D eigenvalue weighted by molar-refractivity contribution is 0.318. The van der Waals surface area contributed by atoms with Crippen molar-refractivity contribution in [1.29, 1.82) is 0 Å². The van der Waals surface area contributed by atoms with E-state index in [0.29, 0.717) is 23.2 Å². The van der Waals surface area contributed by atoms with Crippen molar-refractivity contribution in [3.8, 4) is 0 Å². The number of benzene rings is 1. The lowest BCUT2D eigenvalue weighted by Gasteiger charge is -2.25. The lowest BCUT2D eigenvalue weighted by atomic mass is 10.1. The SMILES string of the molecule is CC1CC(C)N(c2ccc(/C(N)=N/O)c(Br)c2F)C1. The fraction of sp³-hybridized carbons (Fsp3) is 0.462. The van der Waals surface area contributed by atoms with Gasteiger partial charge in [0, 0.05) is 18.2 Å². The average molecular weight is 330 g/mol. The highest BCUT2D eigenvalue weighted by atomic mass is 79.9. The van der Waals surface area contributed by atoms with E-state index in [9.17, 15) is 4.39 Å². The fourth-order valence-electron chi connectivity index (χ4n) is 2.65. The van der Waals surface area contributed by atoms with Crippen molar-refractivity contribution in [2.45, 2.75) is 26.3 Å². The van der Waals surface area contributed by atoms with Gasteiger partial charge in [-0.1, -0.05) is 12.1 Å². The Morgan fingerprint density at radius 2 is 2.21 bits per heavy atom. The second-order valence-corrected chi connectivity index (χ2v) is 5.88. The summed E-state index contributed by atoms with van der Waals surface area (Å²) in [7, 11) is 0. The zero-order chi connectivity index (χ0) is 14.2. The van der Waals surface area contributed by atoms with E-state index in [1.54, 1.807) is 12.1 Å². The van der Waals surface area contributed by atoms with E-state index in [4.69, 9.17) is 10.9 Å². The Kier molecular flexibility index (Phi) is 3.99. The van der Waals surface area contributed by atoms with E-state index in [-0.39, 0.29) is 16.1 Å². The molecule has 1 heterocycles. The third kappa shape index (κ3) is 2.54. The molecule has 1 aromatic rings. The van der Waals surface area contributed by atoms with Crippen LogP contribution in [-0.4, -0.2) is 23.6 Å². The van der Waals surface area contributed by atoms with Gasteiger partial charge in [0.15, 0.2) is 11.7 Å². The summed E-state index contributed by atoms with van der Waals surface area (Å²) in [6.07, 6.45) is 1.05. The maximum atomic E-state index is 14.4. The first-order valence-corrected chi connectivity index (χ1v) is 6.97. The zero-order valence-corrected chi connectivity index (χ0v) is 12.5. The number of nitrogens with two attached hydrogens (primary N) is 1. The van der Waals surface area contributed by atoms with Gasteiger partial charge < -0.3 is 15.8 Å². The van der Waals surface area contributed by atoms with Gasteiger partial charge in [0.2, 0.25) is 0 Å². The van der Waals surface area contributed by atoms with Crippen molar-refractivity contribution in [1.82, 2.24) is 0 Å². The van der Waals surface area contributed by atoms with Gasteiger partial charge in [-0.3, -0.25) is 0 Å². The van der Waals surface area contributed by atoms with Crippen molar-refractivity contribution in [2.75, 3.05) is 11.4 Å². The number of oxime groups is 1. The molecule has 19 heavy (non-hydrogen) atoms. The third-order valence-electron chi connectivity index (χ3n) is 3.54. The highest BCUT2D eigenvalue weighted by Gasteiger charge is 2.29. The molecule has 1 aliphatic rings. The summed E-state index contributed by atoms with van der Waals surface area (Å²) in [4.78, 5) is 2.06. The molecule has 1 aliphatic heterocycles. The van der Waals surface area contributed by atoms with Crippen LogP contribution in [0, 0.1) is 11.7 Å². The van der Waals surface area contributed by atoms with Crippen molar-refractivity contribution in [3.05, 3.63) is 28.0 Å². The quantitative estimate of drug-likeness (QED) is 0.379. The largest absolute Gasteiger partial charge is 0.409 e. The molecule has 0 aliphatic carbocycles. The van der Waals surface area contributed by atoms with Crippen LogP contribution in [0.15, 0.2) is 21.8 Å². The van der Waals surface area contributed by atoms with E-state index >= 15 is 0 Å². The minimum Gasteiger partial charge on any atom is -0.409 e. The van der Waals surface area contributed by atoms with Crippen LogP contribution in [0.25, 0.3) is 0 Å². The summed E-state index contributed by atoms with van der Waals surface area (Å²) in [5.74, 6) is 0.0714. The molecule has 6 heteroatoms. The molecule has 3 N–H and O–H groups in total. The minimum atomic E-state index is -0.370. The van der Waals surface area contributed by atoms with Crippen LogP contribution in [0.2, 0.25) is 0 Å². The standard InChI is InChI=1S/C13H17BrFN3O/c1-7-5-8(2)18(6-7)10-4-3-9(13(16)17-19)11(14)12(10)15/h3-4,7-8,19H,5-6H2,1-2H3,(H2,16,17). The van der Waals surface area contributed by atoms with Crippen molar-refractivity contribution >= 4 is 27.5 Å². The van der Waals surface area contributed by atoms with Gasteiger partial charge in [-0.25, -0.2) is 4.39 Å². The summed E-state index contributed by atoms with van der Waals surface area (Å²) in [5.41, 5.74) is 6.41. The fourth-order valence-corrected chi connectivity index (χ4v) is 3.19. The maximum Gasteiger partial charge on any atom is 0.171 e. The molecule has 0 radical (unpaired) electrons. The lowest BCUT2D eigenvalue weighted by Crippen LogP contribution is -2.28. The van der Waals surface area contributed by atoms with Gasteiger partial charge in [-0.05, 0) is 47.3 Å². The Morgan fingerprint density at radius 3 is 2.74 bits per heavy atom. The summed E-state index contributed by atoms with van der Waals surface area (Å²) in [5, 5.41) is 11.6. The number of rotatable bonds is 2. The van der Waals surface area contributed by atoms with Crippen LogP contribution in [0.3, 0.4) is 0 Å². The minimum absolute atomic E-state index is 0.111. The molecule has 0 amide bonds. The number of anilines is 1. The molecule has 1 aromatic carbocycles. The number of hydrogen-bond acceptors (Lipinski definition) is 3. The highest BCUT2D eigenvalue weighted by molar-refractivity contribution is 9.10. The Balaban J connectivity index is 2.42. The Hall–Kier alpha value is -1.30. The van der Waals surface area contributed by atoms with Crippen LogP contribution in [0.5, 0.6) is 0 Å². The normalized spacial score (nSPS) is 24.0. The Morgan fingerprint density at radius 1 is 1.53 bits per heavy atom. The maximum absolute atomic E-state index is 14.4. The van der Waals surface area contributed by atoms with Crippen molar-refractivity contribution in [2.24, 2.45) is 16.8 Å². The predicted octanol–water partition coefficient (Wildman–Crippen LogP) is 2.92. The van der Waals surface area contributed by atoms with E-state index in [0.717, 1.165) is 13.0 Å². The van der Waals surface area contributed by atoms with E-state index in [2.05, 4.69) is 39.8 Å². The molecule has 1 fully saturated rings. The number of halogens is 2. The van der Waals surface area contributed by atoms with Gasteiger partial charge in [0.1, 0.15) is 0 Å². The average Bonchev–Trinajstić information content (AvgIpc) is 2.71. The molecule has 104 valence electrons. The van der Waals surface area contributed by atoms with E-state index < -0.39 is 0 Å². The molecule has 1 saturated heterocycles. The molecule has 0 aromatic heterocycles. The summed E-state index contributed by atoms with van der Waals surface area (Å²) >= 11 is 3.18. The molecule has 0 bridgehead atoms. The number of amidine groups is 1. The van der Waals surface area contributed by atoms with Crippen LogP contribution in [-0.2, 0) is 0 Å². The monoisotopic (exact) mass is 329 g/mol. The first-order chi connectivity index (χ1) is 8.95. The number of hydrogen-bond donors (Lipinski definition) is 2. The topological polar surface area (TPSA) is 61.8 Å². The second kappa shape index (κ2) is 5.36. The van der Waals surface area contributed by atoms with Gasteiger partial charge in [-0.2, -0.15) is 0 Å². The Labute approximate surface area is 120 Å². The van der Waals surface area contributed by atoms with Gasteiger partial charge in [-0.15, -0.1) is 0 Å². The molecule has 2 rings (SSSR count). The first-order valence-electron chi connectivity index (χ1n) is 6.18. The molecule has 2 unspecified atom stereocenters. The zero-order valence-electron chi connectivity index (χ0n) is 10.9. The summed E-state index contributed by atoms with van der Waals surface area (Å²) in [6, 6.07) is 3.65. The molecule has 0 saturated carbocycles. The first kappa shape index (κ1) is 14.1. The van der Waals surface area contributed by atoms with Crippen LogP contribution in [0.4, 0.5) is 10.1 Å². The molecular weight excluding hydrogens is 313 g/mol. The van der Waals surface area contributed by atoms with Crippen LogP contribution in [0.1, 0.15) is 25.8 Å². The van der Waals surface area contributed by atoms with Crippen molar-refractivity contribution < 1.29 is 9.60 Å². The van der Waals surface area contributed by atoms with E-state index in [1.165, 1.54) is 0 Å². The molecule has 0 spiro atoms. The van der Waals surface area contributed by atoms with Gasteiger partial charge in [0.25, 0.3) is 0 Å². The molecule has 4 nitrogen and oxygen atoms in total. The summed E-state index contributed by atoms with van der Waals surface area (Å²) in [6.45, 7) is 5.09. The smallest absolute Gasteiger partial charge is 0.171 e. The third-order valence-corrected chi connectivity index (χ3v) is 4.31. The van der Waals surface area contributed by atoms with Crippen molar-refractivity contribution in [3.63, 3.8) is 0 Å².